The zero-order valence-electron chi connectivity index (χ0n) is 15.4. The van der Waals surface area contributed by atoms with Crippen molar-refractivity contribution >= 4 is 6.09 Å². The number of aryl methyl sites for hydroxylation is 1. The molecule has 8 heteroatoms. The maximum Gasteiger partial charge on any atom is 0.410 e. The molecule has 1 amide bonds. The van der Waals surface area contributed by atoms with Gasteiger partial charge in [-0.1, -0.05) is 0 Å². The first-order chi connectivity index (χ1) is 11.7. The minimum atomic E-state index is -0.576. The van der Waals surface area contributed by atoms with Gasteiger partial charge in [0.1, 0.15) is 11.9 Å². The SMILES string of the molecule is Cc1cc(C(C)N(CCN)C(=O)OC(C)(C)C)nc(-n2ccnc2)n1. The van der Waals surface area contributed by atoms with E-state index in [9.17, 15) is 4.79 Å². The van der Waals surface area contributed by atoms with Gasteiger partial charge in [-0.2, -0.15) is 0 Å². The molecule has 0 aliphatic heterocycles. The number of rotatable bonds is 5. The highest BCUT2D eigenvalue weighted by Gasteiger charge is 2.27. The van der Waals surface area contributed by atoms with Crippen LogP contribution in [0.5, 0.6) is 0 Å². The van der Waals surface area contributed by atoms with Gasteiger partial charge in [-0.05, 0) is 40.7 Å². The zero-order valence-corrected chi connectivity index (χ0v) is 15.4. The molecule has 2 aromatic heterocycles. The first-order valence-corrected chi connectivity index (χ1v) is 8.25. The number of carbonyl (C=O) groups is 1. The highest BCUT2D eigenvalue weighted by atomic mass is 16.6. The minimum Gasteiger partial charge on any atom is -0.444 e. The van der Waals surface area contributed by atoms with E-state index in [0.29, 0.717) is 19.0 Å². The van der Waals surface area contributed by atoms with Gasteiger partial charge in [0, 0.05) is 31.2 Å². The fourth-order valence-corrected chi connectivity index (χ4v) is 2.35. The third kappa shape index (κ3) is 4.99. The van der Waals surface area contributed by atoms with Crippen LogP contribution in [-0.2, 0) is 4.74 Å². The molecule has 0 aromatic carbocycles. The molecule has 136 valence electrons. The van der Waals surface area contributed by atoms with Crippen molar-refractivity contribution in [2.75, 3.05) is 13.1 Å². The van der Waals surface area contributed by atoms with Crippen LogP contribution in [0.25, 0.3) is 5.95 Å². The van der Waals surface area contributed by atoms with Gasteiger partial charge in [0.05, 0.1) is 11.7 Å². The smallest absolute Gasteiger partial charge is 0.410 e. The highest BCUT2D eigenvalue weighted by molar-refractivity contribution is 5.68. The summed E-state index contributed by atoms with van der Waals surface area (Å²) in [5, 5.41) is 0. The summed E-state index contributed by atoms with van der Waals surface area (Å²) in [7, 11) is 0. The Hall–Kier alpha value is -2.48. The van der Waals surface area contributed by atoms with Crippen molar-refractivity contribution in [3.63, 3.8) is 0 Å². The van der Waals surface area contributed by atoms with Crippen LogP contribution >= 0.6 is 0 Å². The first-order valence-electron chi connectivity index (χ1n) is 8.25. The van der Waals surface area contributed by atoms with Crippen LogP contribution in [0.4, 0.5) is 4.79 Å². The highest BCUT2D eigenvalue weighted by Crippen LogP contribution is 2.22. The number of nitrogens with two attached hydrogens (primary N) is 1. The normalized spacial score (nSPS) is 12.7. The summed E-state index contributed by atoms with van der Waals surface area (Å²) in [4.78, 5) is 27.2. The molecule has 0 bridgehead atoms. The molecule has 0 fully saturated rings. The Bertz CT molecular complexity index is 708. The number of nitrogens with zero attached hydrogens (tertiary/aromatic N) is 5. The van der Waals surface area contributed by atoms with E-state index >= 15 is 0 Å². The van der Waals surface area contributed by atoms with Crippen LogP contribution in [0.1, 0.15) is 45.1 Å². The third-order valence-corrected chi connectivity index (χ3v) is 3.49. The van der Waals surface area contributed by atoms with Gasteiger partial charge in [0.25, 0.3) is 0 Å². The molecule has 2 aromatic rings. The van der Waals surface area contributed by atoms with Crippen molar-refractivity contribution in [3.8, 4) is 5.95 Å². The zero-order chi connectivity index (χ0) is 18.6. The maximum atomic E-state index is 12.6. The van der Waals surface area contributed by atoms with Crippen LogP contribution in [-0.4, -0.2) is 49.2 Å². The second-order valence-electron chi connectivity index (χ2n) is 6.84. The number of imidazole rings is 1. The average Bonchev–Trinajstić information content (AvgIpc) is 3.04. The molecule has 0 saturated heterocycles. The van der Waals surface area contributed by atoms with Crippen LogP contribution in [0, 0.1) is 6.92 Å². The Balaban J connectivity index is 2.32. The van der Waals surface area contributed by atoms with E-state index in [4.69, 9.17) is 10.5 Å². The lowest BCUT2D eigenvalue weighted by Gasteiger charge is -2.31. The van der Waals surface area contributed by atoms with Gasteiger partial charge in [-0.25, -0.2) is 19.7 Å². The Labute approximate surface area is 148 Å². The molecule has 2 rings (SSSR count). The average molecular weight is 346 g/mol. The lowest BCUT2D eigenvalue weighted by Crippen LogP contribution is -2.41. The molecule has 8 nitrogen and oxygen atoms in total. The summed E-state index contributed by atoms with van der Waals surface area (Å²) >= 11 is 0. The lowest BCUT2D eigenvalue weighted by molar-refractivity contribution is 0.0176. The number of aromatic nitrogens is 4. The molecule has 0 saturated carbocycles. The largest absolute Gasteiger partial charge is 0.444 e. The maximum absolute atomic E-state index is 12.6. The summed E-state index contributed by atoms with van der Waals surface area (Å²) in [5.41, 5.74) is 6.63. The Morgan fingerprint density at radius 1 is 1.40 bits per heavy atom. The van der Waals surface area contributed by atoms with Crippen molar-refractivity contribution in [2.45, 2.75) is 46.3 Å². The van der Waals surface area contributed by atoms with Crippen molar-refractivity contribution in [1.82, 2.24) is 24.4 Å². The molecule has 1 unspecified atom stereocenters. The number of hydrogen-bond donors (Lipinski definition) is 1. The summed E-state index contributed by atoms with van der Waals surface area (Å²) < 4.78 is 7.23. The van der Waals surface area contributed by atoms with Crippen molar-refractivity contribution in [1.29, 1.82) is 0 Å². The van der Waals surface area contributed by atoms with Crippen molar-refractivity contribution in [2.24, 2.45) is 5.73 Å². The van der Waals surface area contributed by atoms with Gasteiger partial charge >= 0.3 is 6.09 Å². The molecular formula is C17H26N6O2. The molecule has 25 heavy (non-hydrogen) atoms. The molecule has 0 aliphatic rings. The van der Waals surface area contributed by atoms with E-state index in [1.165, 1.54) is 0 Å². The Morgan fingerprint density at radius 3 is 2.68 bits per heavy atom. The van der Waals surface area contributed by atoms with E-state index in [1.807, 2.05) is 40.7 Å². The quantitative estimate of drug-likeness (QED) is 0.891. The molecule has 2 N–H and O–H groups in total. The number of carbonyl (C=O) groups excluding carboxylic acids is 1. The number of ether oxygens (including phenoxy) is 1. The minimum absolute atomic E-state index is 0.303. The van der Waals surface area contributed by atoms with Gasteiger partial charge in [-0.3, -0.25) is 9.47 Å². The van der Waals surface area contributed by atoms with Crippen LogP contribution < -0.4 is 5.73 Å². The van der Waals surface area contributed by atoms with E-state index in [-0.39, 0.29) is 6.04 Å². The predicted octanol–water partition coefficient (Wildman–Crippen LogP) is 2.23. The lowest BCUT2D eigenvalue weighted by atomic mass is 10.1. The van der Waals surface area contributed by atoms with Crippen molar-refractivity contribution in [3.05, 3.63) is 36.2 Å². The summed E-state index contributed by atoms with van der Waals surface area (Å²) in [6.07, 6.45) is 4.66. The predicted molar refractivity (Wildman–Crippen MR) is 94.3 cm³/mol. The fraction of sp³-hybridized carbons (Fsp3) is 0.529. The van der Waals surface area contributed by atoms with Crippen molar-refractivity contribution < 1.29 is 9.53 Å². The van der Waals surface area contributed by atoms with Crippen LogP contribution in [0.3, 0.4) is 0 Å². The summed E-state index contributed by atoms with van der Waals surface area (Å²) in [5.74, 6) is 0.510. The molecule has 0 radical (unpaired) electrons. The second kappa shape index (κ2) is 7.60. The van der Waals surface area contributed by atoms with E-state index in [0.717, 1.165) is 11.4 Å². The Morgan fingerprint density at radius 2 is 2.12 bits per heavy atom. The number of amides is 1. The summed E-state index contributed by atoms with van der Waals surface area (Å²) in [6, 6.07) is 1.56. The molecular weight excluding hydrogens is 320 g/mol. The van der Waals surface area contributed by atoms with Crippen LogP contribution in [0.15, 0.2) is 24.8 Å². The second-order valence-corrected chi connectivity index (χ2v) is 6.84. The van der Waals surface area contributed by atoms with Gasteiger partial charge in [-0.15, -0.1) is 0 Å². The van der Waals surface area contributed by atoms with Gasteiger partial charge in [0.2, 0.25) is 5.95 Å². The van der Waals surface area contributed by atoms with Gasteiger partial charge < -0.3 is 10.5 Å². The van der Waals surface area contributed by atoms with Gasteiger partial charge in [0.15, 0.2) is 0 Å². The third-order valence-electron chi connectivity index (χ3n) is 3.49. The first kappa shape index (κ1) is 18.9. The van der Waals surface area contributed by atoms with E-state index in [1.54, 1.807) is 28.2 Å². The Kier molecular flexibility index (Phi) is 5.73. The number of hydrogen-bond acceptors (Lipinski definition) is 6. The topological polar surface area (TPSA) is 99.2 Å². The molecule has 1 atom stereocenters. The molecule has 0 spiro atoms. The van der Waals surface area contributed by atoms with Crippen LogP contribution in [0.2, 0.25) is 0 Å². The van der Waals surface area contributed by atoms with E-state index < -0.39 is 11.7 Å². The fourth-order valence-electron chi connectivity index (χ4n) is 2.35. The standard InChI is InChI=1S/C17H26N6O2/c1-12-10-14(21-15(20-12)22-9-7-19-11-22)13(2)23(8-6-18)16(24)25-17(3,4)5/h7,9-11,13H,6,8,18H2,1-5H3. The van der Waals surface area contributed by atoms with E-state index in [2.05, 4.69) is 15.0 Å². The molecule has 0 aliphatic carbocycles. The monoisotopic (exact) mass is 346 g/mol. The summed E-state index contributed by atoms with van der Waals surface area (Å²) in [6.45, 7) is 10.0. The molecule has 2 heterocycles.